The molecular weight excluding hydrogens is 207 g/mol. The molecule has 1 aromatic rings. The summed E-state index contributed by atoms with van der Waals surface area (Å²) in [6.07, 6.45) is 0. The van der Waals surface area contributed by atoms with Gasteiger partial charge in [-0.3, -0.25) is 0 Å². The fourth-order valence-electron chi connectivity index (χ4n) is 0.815. The van der Waals surface area contributed by atoms with Crippen LogP contribution in [0.2, 0.25) is 10.0 Å². The molecule has 0 unspecified atom stereocenters. The Morgan fingerprint density at radius 2 is 1.62 bits per heavy atom. The third kappa shape index (κ3) is 3.99. The first-order valence-electron chi connectivity index (χ1n) is 4.17. The smallest absolute Gasteiger partial charge is 0.0742 e. The lowest BCUT2D eigenvalue weighted by Gasteiger charge is -2.03. The minimum Gasteiger partial charge on any atom is -0.380 e. The second kappa shape index (κ2) is 7.19. The average Bonchev–Trinajstić information content (AvgIpc) is 2.15. The number of benzene rings is 1. The van der Waals surface area contributed by atoms with Crippen LogP contribution in [0.25, 0.3) is 0 Å². The van der Waals surface area contributed by atoms with Gasteiger partial charge >= 0.3 is 0 Å². The van der Waals surface area contributed by atoms with Crippen LogP contribution in [0.1, 0.15) is 19.4 Å². The Balaban J connectivity index is 0.000000671. The summed E-state index contributed by atoms with van der Waals surface area (Å²) in [5, 5.41) is 1.30. The molecule has 0 aliphatic heterocycles. The van der Waals surface area contributed by atoms with Gasteiger partial charge in [-0.05, 0) is 12.1 Å². The summed E-state index contributed by atoms with van der Waals surface area (Å²) in [6, 6.07) is 5.40. The quantitative estimate of drug-likeness (QED) is 0.728. The molecule has 0 bridgehead atoms. The van der Waals surface area contributed by atoms with Crippen molar-refractivity contribution in [3.05, 3.63) is 33.8 Å². The van der Waals surface area contributed by atoms with Gasteiger partial charge in [0, 0.05) is 22.7 Å². The summed E-state index contributed by atoms with van der Waals surface area (Å²) in [6.45, 7) is 4.46. The van der Waals surface area contributed by atoms with Crippen LogP contribution in [0, 0.1) is 0 Å². The molecule has 0 amide bonds. The summed E-state index contributed by atoms with van der Waals surface area (Å²) >= 11 is 11.7. The molecule has 0 radical (unpaired) electrons. The van der Waals surface area contributed by atoms with Crippen LogP contribution < -0.4 is 0 Å². The number of hydrogen-bond donors (Lipinski definition) is 0. The molecular formula is C10H14Cl2O. The van der Waals surface area contributed by atoms with Gasteiger partial charge in [0.2, 0.25) is 0 Å². The first-order chi connectivity index (χ1) is 6.25. The number of halogens is 2. The van der Waals surface area contributed by atoms with Gasteiger partial charge in [-0.2, -0.15) is 0 Å². The molecule has 0 aromatic heterocycles. The molecule has 0 N–H and O–H groups in total. The molecule has 1 nitrogen and oxygen atoms in total. The van der Waals surface area contributed by atoms with E-state index in [2.05, 4.69) is 0 Å². The third-order valence-electron chi connectivity index (χ3n) is 1.35. The van der Waals surface area contributed by atoms with Crippen LogP contribution in [0.5, 0.6) is 0 Å². The third-order valence-corrected chi connectivity index (χ3v) is 2.06. The second-order valence-corrected chi connectivity index (χ2v) is 2.95. The van der Waals surface area contributed by atoms with Crippen molar-refractivity contribution in [3.63, 3.8) is 0 Å². The lowest BCUT2D eigenvalue weighted by atomic mass is 10.2. The number of ether oxygens (including phenoxy) is 1. The van der Waals surface area contributed by atoms with Crippen LogP contribution in [0.4, 0.5) is 0 Å². The molecule has 0 spiro atoms. The average molecular weight is 221 g/mol. The first-order valence-corrected chi connectivity index (χ1v) is 4.93. The zero-order valence-corrected chi connectivity index (χ0v) is 9.62. The molecule has 3 heteroatoms. The van der Waals surface area contributed by atoms with E-state index in [4.69, 9.17) is 27.9 Å². The Labute approximate surface area is 89.6 Å². The van der Waals surface area contributed by atoms with Gasteiger partial charge in [-0.25, -0.2) is 0 Å². The SMILES string of the molecule is CC.COCc1c(Cl)cccc1Cl. The summed E-state index contributed by atoms with van der Waals surface area (Å²) < 4.78 is 4.92. The van der Waals surface area contributed by atoms with Crippen molar-refractivity contribution < 1.29 is 4.74 Å². The van der Waals surface area contributed by atoms with E-state index >= 15 is 0 Å². The largest absolute Gasteiger partial charge is 0.380 e. The minimum absolute atomic E-state index is 0.457. The van der Waals surface area contributed by atoms with Crippen molar-refractivity contribution in [1.29, 1.82) is 0 Å². The molecule has 0 saturated carbocycles. The van der Waals surface area contributed by atoms with E-state index in [1.165, 1.54) is 0 Å². The van der Waals surface area contributed by atoms with Gasteiger partial charge < -0.3 is 4.74 Å². The lowest BCUT2D eigenvalue weighted by Crippen LogP contribution is -1.89. The highest BCUT2D eigenvalue weighted by atomic mass is 35.5. The van der Waals surface area contributed by atoms with E-state index in [9.17, 15) is 0 Å². The number of methoxy groups -OCH3 is 1. The van der Waals surface area contributed by atoms with Crippen LogP contribution in [0.15, 0.2) is 18.2 Å². The summed E-state index contributed by atoms with van der Waals surface area (Å²) in [7, 11) is 1.61. The Bertz CT molecular complexity index is 228. The van der Waals surface area contributed by atoms with E-state index in [-0.39, 0.29) is 0 Å². The predicted molar refractivity (Wildman–Crippen MR) is 58.5 cm³/mol. The minimum atomic E-state index is 0.457. The van der Waals surface area contributed by atoms with Gasteiger partial charge in [0.05, 0.1) is 6.61 Å². The van der Waals surface area contributed by atoms with Crippen molar-refractivity contribution in [2.24, 2.45) is 0 Å². The molecule has 13 heavy (non-hydrogen) atoms. The van der Waals surface area contributed by atoms with Gasteiger partial charge in [0.15, 0.2) is 0 Å². The molecule has 1 rings (SSSR count). The number of rotatable bonds is 2. The maximum atomic E-state index is 5.84. The zero-order valence-electron chi connectivity index (χ0n) is 8.10. The normalized spacial score (nSPS) is 9.00. The highest BCUT2D eigenvalue weighted by Gasteiger charge is 2.03. The van der Waals surface area contributed by atoms with Crippen LogP contribution in [-0.2, 0) is 11.3 Å². The maximum absolute atomic E-state index is 5.84. The molecule has 0 aliphatic rings. The molecule has 0 heterocycles. The van der Waals surface area contributed by atoms with Crippen LogP contribution >= 0.6 is 23.2 Å². The summed E-state index contributed by atoms with van der Waals surface area (Å²) in [4.78, 5) is 0. The van der Waals surface area contributed by atoms with Crippen LogP contribution in [0.3, 0.4) is 0 Å². The Morgan fingerprint density at radius 3 is 2.00 bits per heavy atom. The molecule has 0 aliphatic carbocycles. The Kier molecular flexibility index (Phi) is 7.06. The van der Waals surface area contributed by atoms with E-state index < -0.39 is 0 Å². The van der Waals surface area contributed by atoms with Crippen molar-refractivity contribution in [1.82, 2.24) is 0 Å². The highest BCUT2D eigenvalue weighted by Crippen LogP contribution is 2.24. The van der Waals surface area contributed by atoms with Crippen molar-refractivity contribution in [2.75, 3.05) is 7.11 Å². The highest BCUT2D eigenvalue weighted by molar-refractivity contribution is 6.35. The van der Waals surface area contributed by atoms with Gasteiger partial charge in [-0.1, -0.05) is 43.1 Å². The fourth-order valence-corrected chi connectivity index (χ4v) is 1.32. The van der Waals surface area contributed by atoms with Gasteiger partial charge in [0.25, 0.3) is 0 Å². The Morgan fingerprint density at radius 1 is 1.15 bits per heavy atom. The van der Waals surface area contributed by atoms with E-state index in [0.29, 0.717) is 16.7 Å². The maximum Gasteiger partial charge on any atom is 0.0742 e. The molecule has 1 aromatic carbocycles. The fraction of sp³-hybridized carbons (Fsp3) is 0.400. The van der Waals surface area contributed by atoms with Gasteiger partial charge in [-0.15, -0.1) is 0 Å². The number of hydrogen-bond acceptors (Lipinski definition) is 1. The van der Waals surface area contributed by atoms with Crippen LogP contribution in [-0.4, -0.2) is 7.11 Å². The second-order valence-electron chi connectivity index (χ2n) is 2.13. The molecule has 0 saturated heterocycles. The molecule has 74 valence electrons. The molecule has 0 fully saturated rings. The predicted octanol–water partition coefficient (Wildman–Crippen LogP) is 4.17. The van der Waals surface area contributed by atoms with Crippen molar-refractivity contribution in [3.8, 4) is 0 Å². The van der Waals surface area contributed by atoms with Crippen molar-refractivity contribution >= 4 is 23.2 Å². The van der Waals surface area contributed by atoms with E-state index in [0.717, 1.165) is 5.56 Å². The monoisotopic (exact) mass is 220 g/mol. The summed E-state index contributed by atoms with van der Waals surface area (Å²) in [5.74, 6) is 0. The van der Waals surface area contributed by atoms with Gasteiger partial charge in [0.1, 0.15) is 0 Å². The topological polar surface area (TPSA) is 9.23 Å². The lowest BCUT2D eigenvalue weighted by molar-refractivity contribution is 0.185. The van der Waals surface area contributed by atoms with E-state index in [1.54, 1.807) is 19.2 Å². The first kappa shape index (κ1) is 12.8. The van der Waals surface area contributed by atoms with E-state index in [1.807, 2.05) is 19.9 Å². The molecule has 0 atom stereocenters. The Hall–Kier alpha value is -0.240. The zero-order chi connectivity index (χ0) is 10.3. The summed E-state index contributed by atoms with van der Waals surface area (Å²) in [5.41, 5.74) is 0.846. The standard InChI is InChI=1S/C8H8Cl2O.C2H6/c1-11-5-6-7(9)3-2-4-8(6)10;1-2/h2-4H,5H2,1H3;1-2H3. The van der Waals surface area contributed by atoms with Crippen molar-refractivity contribution in [2.45, 2.75) is 20.5 Å².